The van der Waals surface area contributed by atoms with Gasteiger partial charge >= 0.3 is 6.18 Å². The van der Waals surface area contributed by atoms with Gasteiger partial charge in [0.05, 0.1) is 13.2 Å². The van der Waals surface area contributed by atoms with E-state index in [0.29, 0.717) is 43.9 Å². The number of amides is 2. The first-order valence-corrected chi connectivity index (χ1v) is 10.3. The van der Waals surface area contributed by atoms with Crippen LogP contribution in [0.1, 0.15) is 35.2 Å². The van der Waals surface area contributed by atoms with Crippen LogP contribution in [0, 0.1) is 0 Å². The minimum Gasteiger partial charge on any atom is -0.367 e. The topological polar surface area (TPSA) is 53.1 Å². The first-order chi connectivity index (χ1) is 14.3. The minimum atomic E-state index is -4.35. The molecule has 166 valence electrons. The van der Waals surface area contributed by atoms with Crippen LogP contribution in [0.5, 0.6) is 0 Å². The molecule has 2 aliphatic rings. The lowest BCUT2D eigenvalue weighted by Gasteiger charge is -2.36. The zero-order valence-corrected chi connectivity index (χ0v) is 17.0. The third-order valence-electron chi connectivity index (χ3n) is 5.46. The van der Waals surface area contributed by atoms with Crippen LogP contribution in [-0.2, 0) is 16.1 Å². The number of rotatable bonds is 6. The van der Waals surface area contributed by atoms with Gasteiger partial charge in [0.2, 0.25) is 5.91 Å². The maximum atomic E-state index is 12.7. The monoisotopic (exact) mass is 427 g/mol. The van der Waals surface area contributed by atoms with E-state index >= 15 is 0 Å². The summed E-state index contributed by atoms with van der Waals surface area (Å²) < 4.78 is 41.0. The molecule has 1 aromatic carbocycles. The van der Waals surface area contributed by atoms with Gasteiger partial charge in [-0.25, -0.2) is 0 Å². The summed E-state index contributed by atoms with van der Waals surface area (Å²) in [4.78, 5) is 30.8. The molecule has 1 aromatic rings. The number of carbonyl (C=O) groups excluding carboxylic acids is 2. The number of halogens is 3. The average Bonchev–Trinajstić information content (AvgIpc) is 2.74. The number of piperazine rings is 1. The molecule has 0 aliphatic carbocycles. The number of hydrogen-bond acceptors (Lipinski definition) is 4. The summed E-state index contributed by atoms with van der Waals surface area (Å²) >= 11 is 0. The van der Waals surface area contributed by atoms with Gasteiger partial charge in [0.15, 0.2) is 0 Å². The molecule has 2 fully saturated rings. The van der Waals surface area contributed by atoms with Crippen LogP contribution in [0.15, 0.2) is 24.3 Å². The molecule has 30 heavy (non-hydrogen) atoms. The van der Waals surface area contributed by atoms with Crippen LogP contribution in [0.25, 0.3) is 0 Å². The average molecular weight is 427 g/mol. The van der Waals surface area contributed by atoms with E-state index in [4.69, 9.17) is 0 Å². The Kier molecular flexibility index (Phi) is 7.71. The van der Waals surface area contributed by atoms with E-state index in [0.717, 1.165) is 25.9 Å². The third-order valence-corrected chi connectivity index (χ3v) is 5.46. The number of alkyl halides is 3. The highest BCUT2D eigenvalue weighted by molar-refractivity contribution is 5.94. The summed E-state index contributed by atoms with van der Waals surface area (Å²) in [5.74, 6) is 0.0533. The number of likely N-dealkylation sites (tertiary alicyclic amines) is 1. The molecule has 0 radical (unpaired) electrons. The van der Waals surface area contributed by atoms with Crippen molar-refractivity contribution in [1.29, 1.82) is 0 Å². The fourth-order valence-corrected chi connectivity index (χ4v) is 3.75. The molecule has 0 unspecified atom stereocenters. The molecule has 0 N–H and O–H groups in total. The van der Waals surface area contributed by atoms with Crippen molar-refractivity contribution in [3.8, 4) is 0 Å². The quantitative estimate of drug-likeness (QED) is 0.700. The lowest BCUT2D eigenvalue weighted by molar-refractivity contribution is -0.176. The van der Waals surface area contributed by atoms with Crippen LogP contribution in [-0.4, -0.2) is 85.1 Å². The zero-order valence-electron chi connectivity index (χ0n) is 17.0. The van der Waals surface area contributed by atoms with Crippen LogP contribution < -0.4 is 0 Å². The summed E-state index contributed by atoms with van der Waals surface area (Å²) in [5.41, 5.74) is 1.07. The molecular formula is C21H28F3N3O3. The van der Waals surface area contributed by atoms with Crippen LogP contribution in [0.2, 0.25) is 0 Å². The highest BCUT2D eigenvalue weighted by Crippen LogP contribution is 2.16. The number of ether oxygens (including phenoxy) is 1. The molecule has 0 bridgehead atoms. The second-order valence-electron chi connectivity index (χ2n) is 7.81. The predicted octanol–water partition coefficient (Wildman–Crippen LogP) is 2.54. The van der Waals surface area contributed by atoms with Gasteiger partial charge in [-0.15, -0.1) is 0 Å². The molecule has 2 heterocycles. The first kappa shape index (κ1) is 22.6. The molecule has 2 amide bonds. The van der Waals surface area contributed by atoms with E-state index in [-0.39, 0.29) is 18.4 Å². The fourth-order valence-electron chi connectivity index (χ4n) is 3.75. The Morgan fingerprint density at radius 1 is 0.867 bits per heavy atom. The molecule has 0 atom stereocenters. The van der Waals surface area contributed by atoms with Gasteiger partial charge < -0.3 is 14.5 Å². The van der Waals surface area contributed by atoms with E-state index < -0.39 is 12.8 Å². The number of hydrogen-bond donors (Lipinski definition) is 0. The van der Waals surface area contributed by atoms with Crippen molar-refractivity contribution in [3.05, 3.63) is 35.4 Å². The summed E-state index contributed by atoms with van der Waals surface area (Å²) in [6, 6.07) is 6.44. The molecule has 0 aromatic heterocycles. The van der Waals surface area contributed by atoms with Gasteiger partial charge in [0, 0.05) is 44.8 Å². The van der Waals surface area contributed by atoms with Gasteiger partial charge in [-0.05, 0) is 37.0 Å². The second-order valence-corrected chi connectivity index (χ2v) is 7.81. The predicted molar refractivity (Wildman–Crippen MR) is 105 cm³/mol. The maximum absolute atomic E-state index is 12.7. The number of carbonyl (C=O) groups is 2. The van der Waals surface area contributed by atoms with Gasteiger partial charge in [-0.1, -0.05) is 12.1 Å². The Hall–Kier alpha value is -2.13. The highest BCUT2D eigenvalue weighted by atomic mass is 19.4. The van der Waals surface area contributed by atoms with Crippen molar-refractivity contribution < 1.29 is 27.5 Å². The van der Waals surface area contributed by atoms with Crippen LogP contribution >= 0.6 is 0 Å². The van der Waals surface area contributed by atoms with Crippen LogP contribution in [0.4, 0.5) is 13.2 Å². The first-order valence-electron chi connectivity index (χ1n) is 10.3. The van der Waals surface area contributed by atoms with Crippen molar-refractivity contribution in [1.82, 2.24) is 14.7 Å². The summed E-state index contributed by atoms with van der Waals surface area (Å²) in [7, 11) is 0. The second kappa shape index (κ2) is 10.3. The molecule has 0 spiro atoms. The van der Waals surface area contributed by atoms with Crippen molar-refractivity contribution in [3.63, 3.8) is 0 Å². The zero-order chi connectivity index (χ0) is 21.6. The molecule has 6 nitrogen and oxygen atoms in total. The highest BCUT2D eigenvalue weighted by Gasteiger charge is 2.27. The molecule has 2 saturated heterocycles. The largest absolute Gasteiger partial charge is 0.411 e. The fraction of sp³-hybridized carbons (Fsp3) is 0.619. The third kappa shape index (κ3) is 6.70. The van der Waals surface area contributed by atoms with Gasteiger partial charge in [-0.3, -0.25) is 14.5 Å². The molecular weight excluding hydrogens is 399 g/mol. The van der Waals surface area contributed by atoms with Gasteiger partial charge in [-0.2, -0.15) is 13.2 Å². The minimum absolute atomic E-state index is 0.111. The Balaban J connectivity index is 1.42. The van der Waals surface area contributed by atoms with Crippen molar-refractivity contribution in [2.75, 3.05) is 52.4 Å². The standard InChI is InChI=1S/C21H28F3N3O3/c22-21(23,24)16-30-15-17-4-6-18(7-5-17)20(29)27-12-10-25(11-13-27)14-19(28)26-8-2-1-3-9-26/h4-7H,1-3,8-16H2. The Labute approximate surface area is 174 Å². The lowest BCUT2D eigenvalue weighted by Crippen LogP contribution is -2.52. The Bertz CT molecular complexity index is 710. The van der Waals surface area contributed by atoms with E-state index in [1.54, 1.807) is 29.2 Å². The number of nitrogens with zero attached hydrogens (tertiary/aromatic N) is 3. The van der Waals surface area contributed by atoms with E-state index in [2.05, 4.69) is 9.64 Å². The molecule has 2 aliphatic heterocycles. The van der Waals surface area contributed by atoms with Gasteiger partial charge in [0.1, 0.15) is 6.61 Å². The SMILES string of the molecule is O=C(CN1CCN(C(=O)c2ccc(COCC(F)(F)F)cc2)CC1)N1CCCCC1. The van der Waals surface area contributed by atoms with E-state index in [1.165, 1.54) is 6.42 Å². The van der Waals surface area contributed by atoms with E-state index in [9.17, 15) is 22.8 Å². The van der Waals surface area contributed by atoms with Crippen molar-refractivity contribution in [2.24, 2.45) is 0 Å². The Morgan fingerprint density at radius 3 is 2.10 bits per heavy atom. The molecule has 9 heteroatoms. The summed E-state index contributed by atoms with van der Waals surface area (Å²) in [6.45, 7) is 3.02. The molecule has 3 rings (SSSR count). The maximum Gasteiger partial charge on any atom is 0.411 e. The Morgan fingerprint density at radius 2 is 1.50 bits per heavy atom. The molecule has 0 saturated carbocycles. The number of piperidine rings is 1. The summed E-state index contributed by atoms with van der Waals surface area (Å²) in [6.07, 6.45) is -1.02. The van der Waals surface area contributed by atoms with Crippen molar-refractivity contribution >= 4 is 11.8 Å². The van der Waals surface area contributed by atoms with Crippen molar-refractivity contribution in [2.45, 2.75) is 32.0 Å². The van der Waals surface area contributed by atoms with Gasteiger partial charge in [0.25, 0.3) is 5.91 Å². The normalized spacial score (nSPS) is 18.5. The smallest absolute Gasteiger partial charge is 0.367 e. The van der Waals surface area contributed by atoms with E-state index in [1.807, 2.05) is 4.90 Å². The lowest BCUT2D eigenvalue weighted by atomic mass is 10.1. The summed E-state index contributed by atoms with van der Waals surface area (Å²) in [5, 5.41) is 0. The van der Waals surface area contributed by atoms with Crippen LogP contribution in [0.3, 0.4) is 0 Å². The number of benzene rings is 1.